The predicted octanol–water partition coefficient (Wildman–Crippen LogP) is 3.98. The smallest absolute Gasteiger partial charge is 0.267 e. The Balaban J connectivity index is 1.58. The van der Waals surface area contributed by atoms with Gasteiger partial charge in [0.05, 0.1) is 16.4 Å². The fourth-order valence-corrected chi connectivity index (χ4v) is 4.49. The van der Waals surface area contributed by atoms with E-state index in [2.05, 4.69) is 26.0 Å². The molecule has 2 aromatic heterocycles. The molecular weight excluding hydrogens is 340 g/mol. The van der Waals surface area contributed by atoms with Gasteiger partial charge in [0.2, 0.25) is 0 Å². The van der Waals surface area contributed by atoms with Crippen LogP contribution in [0.5, 0.6) is 0 Å². The Morgan fingerprint density at radius 1 is 1.29 bits per heavy atom. The molecule has 1 amide bonds. The zero-order valence-electron chi connectivity index (χ0n) is 13.4. The van der Waals surface area contributed by atoms with E-state index >= 15 is 0 Å². The standard InChI is InChI=1S/C17H16N4OS2/c1-10-15(24-11(2)18-10)16(22)19-13-5-3-4-12(8-13)14-9-21-6-7-23-17(21)20-14/h3-5,8-9H,6-7H2,1-2H3,(H,19,22). The first kappa shape index (κ1) is 15.4. The van der Waals surface area contributed by atoms with Crippen molar-refractivity contribution in [2.45, 2.75) is 25.5 Å². The number of carbonyl (C=O) groups is 1. The summed E-state index contributed by atoms with van der Waals surface area (Å²) in [6.07, 6.45) is 2.08. The third-order valence-electron chi connectivity index (χ3n) is 3.83. The van der Waals surface area contributed by atoms with Crippen LogP contribution in [0.1, 0.15) is 20.4 Å². The number of thioether (sulfide) groups is 1. The second-order valence-corrected chi connectivity index (χ2v) is 7.90. The number of anilines is 1. The third kappa shape index (κ3) is 2.85. The van der Waals surface area contributed by atoms with Gasteiger partial charge in [0.25, 0.3) is 5.91 Å². The Morgan fingerprint density at radius 2 is 2.17 bits per heavy atom. The molecule has 0 spiro atoms. The number of aromatic nitrogens is 3. The average molecular weight is 356 g/mol. The molecule has 7 heteroatoms. The molecule has 0 aliphatic carbocycles. The number of hydrogen-bond acceptors (Lipinski definition) is 5. The van der Waals surface area contributed by atoms with Crippen LogP contribution >= 0.6 is 23.1 Å². The number of carbonyl (C=O) groups excluding carboxylic acids is 1. The molecule has 0 fully saturated rings. The fraction of sp³-hybridized carbons (Fsp3) is 0.235. The second-order valence-electron chi connectivity index (χ2n) is 5.63. The highest BCUT2D eigenvalue weighted by molar-refractivity contribution is 7.99. The largest absolute Gasteiger partial charge is 0.325 e. The maximum atomic E-state index is 12.4. The monoisotopic (exact) mass is 356 g/mol. The summed E-state index contributed by atoms with van der Waals surface area (Å²) in [5.74, 6) is 0.977. The molecule has 0 radical (unpaired) electrons. The minimum Gasteiger partial charge on any atom is -0.325 e. The maximum Gasteiger partial charge on any atom is 0.267 e. The third-order valence-corrected chi connectivity index (χ3v) is 5.87. The molecule has 1 aliphatic heterocycles. The summed E-state index contributed by atoms with van der Waals surface area (Å²) in [5, 5.41) is 4.93. The first-order valence-electron chi connectivity index (χ1n) is 7.66. The van der Waals surface area contributed by atoms with Gasteiger partial charge in [0, 0.05) is 29.7 Å². The van der Waals surface area contributed by atoms with Crippen LogP contribution < -0.4 is 5.32 Å². The lowest BCUT2D eigenvalue weighted by atomic mass is 10.1. The summed E-state index contributed by atoms with van der Waals surface area (Å²) in [4.78, 5) is 22.1. The predicted molar refractivity (Wildman–Crippen MR) is 97.9 cm³/mol. The quantitative estimate of drug-likeness (QED) is 0.771. The van der Waals surface area contributed by atoms with Crippen LogP contribution in [0.4, 0.5) is 5.69 Å². The summed E-state index contributed by atoms with van der Waals surface area (Å²) >= 11 is 3.19. The Morgan fingerprint density at radius 3 is 2.92 bits per heavy atom. The zero-order chi connectivity index (χ0) is 16.7. The highest BCUT2D eigenvalue weighted by Gasteiger charge is 2.17. The maximum absolute atomic E-state index is 12.4. The van der Waals surface area contributed by atoms with Gasteiger partial charge >= 0.3 is 0 Å². The molecule has 122 valence electrons. The van der Waals surface area contributed by atoms with Crippen LogP contribution in [0.2, 0.25) is 0 Å². The van der Waals surface area contributed by atoms with Gasteiger partial charge in [-0.1, -0.05) is 23.9 Å². The van der Waals surface area contributed by atoms with Gasteiger partial charge < -0.3 is 9.88 Å². The van der Waals surface area contributed by atoms with Gasteiger partial charge in [0.1, 0.15) is 4.88 Å². The molecule has 3 aromatic rings. The molecule has 4 rings (SSSR count). The van der Waals surface area contributed by atoms with Crippen molar-refractivity contribution in [3.8, 4) is 11.3 Å². The lowest BCUT2D eigenvalue weighted by Crippen LogP contribution is -2.11. The molecule has 1 aliphatic rings. The number of benzene rings is 1. The first-order valence-corrected chi connectivity index (χ1v) is 9.46. The van der Waals surface area contributed by atoms with Crippen molar-refractivity contribution in [1.29, 1.82) is 0 Å². The highest BCUT2D eigenvalue weighted by Crippen LogP contribution is 2.30. The lowest BCUT2D eigenvalue weighted by molar-refractivity contribution is 0.103. The van der Waals surface area contributed by atoms with E-state index < -0.39 is 0 Å². The van der Waals surface area contributed by atoms with Crippen molar-refractivity contribution in [3.05, 3.63) is 46.0 Å². The number of fused-ring (bicyclic) bond motifs is 1. The van der Waals surface area contributed by atoms with E-state index in [0.29, 0.717) is 4.88 Å². The average Bonchev–Trinajstić information content (AvgIpc) is 3.21. The van der Waals surface area contributed by atoms with E-state index in [9.17, 15) is 4.79 Å². The van der Waals surface area contributed by atoms with Gasteiger partial charge in [-0.3, -0.25) is 4.79 Å². The SMILES string of the molecule is Cc1nc(C)c(C(=O)Nc2cccc(-c3cn4c(n3)SCC4)c2)s1. The minimum absolute atomic E-state index is 0.113. The van der Waals surface area contributed by atoms with Gasteiger partial charge in [-0.15, -0.1) is 11.3 Å². The number of thiazole rings is 1. The molecule has 1 aromatic carbocycles. The van der Waals surface area contributed by atoms with Gasteiger partial charge in [-0.25, -0.2) is 9.97 Å². The lowest BCUT2D eigenvalue weighted by Gasteiger charge is -2.06. The highest BCUT2D eigenvalue weighted by atomic mass is 32.2. The van der Waals surface area contributed by atoms with Gasteiger partial charge in [-0.05, 0) is 26.0 Å². The summed E-state index contributed by atoms with van der Waals surface area (Å²) in [7, 11) is 0. The summed E-state index contributed by atoms with van der Waals surface area (Å²) < 4.78 is 2.18. The number of nitrogens with one attached hydrogen (secondary N) is 1. The Kier molecular flexibility index (Phi) is 3.90. The summed E-state index contributed by atoms with van der Waals surface area (Å²) in [6, 6.07) is 7.81. The van der Waals surface area contributed by atoms with E-state index in [1.807, 2.05) is 38.1 Å². The van der Waals surface area contributed by atoms with E-state index in [4.69, 9.17) is 0 Å². The van der Waals surface area contributed by atoms with Crippen molar-refractivity contribution in [2.75, 3.05) is 11.1 Å². The van der Waals surface area contributed by atoms with Crippen molar-refractivity contribution >= 4 is 34.7 Å². The minimum atomic E-state index is -0.113. The number of hydrogen-bond donors (Lipinski definition) is 1. The van der Waals surface area contributed by atoms with Crippen LogP contribution in [-0.2, 0) is 6.54 Å². The van der Waals surface area contributed by atoms with Gasteiger partial charge in [-0.2, -0.15) is 0 Å². The number of rotatable bonds is 3. The zero-order valence-corrected chi connectivity index (χ0v) is 15.0. The normalized spacial score (nSPS) is 13.1. The van der Waals surface area contributed by atoms with Crippen molar-refractivity contribution in [1.82, 2.24) is 14.5 Å². The Hall–Kier alpha value is -2.12. The van der Waals surface area contributed by atoms with Crippen molar-refractivity contribution in [2.24, 2.45) is 0 Å². The van der Waals surface area contributed by atoms with Gasteiger partial charge in [0.15, 0.2) is 5.16 Å². The Bertz CT molecular complexity index is 907. The fourth-order valence-electron chi connectivity index (χ4n) is 2.73. The molecule has 3 heterocycles. The Labute approximate surface area is 148 Å². The molecule has 0 saturated carbocycles. The van der Waals surface area contributed by atoms with E-state index in [1.165, 1.54) is 11.3 Å². The topological polar surface area (TPSA) is 59.8 Å². The number of aryl methyl sites for hydroxylation is 3. The van der Waals surface area contributed by atoms with Crippen LogP contribution in [-0.4, -0.2) is 26.2 Å². The van der Waals surface area contributed by atoms with E-state index in [0.717, 1.165) is 45.1 Å². The first-order chi connectivity index (χ1) is 11.6. The molecule has 0 saturated heterocycles. The molecule has 0 bridgehead atoms. The van der Waals surface area contributed by atoms with Crippen LogP contribution in [0, 0.1) is 13.8 Å². The van der Waals surface area contributed by atoms with E-state index in [1.54, 1.807) is 11.8 Å². The van der Waals surface area contributed by atoms with E-state index in [-0.39, 0.29) is 5.91 Å². The molecule has 5 nitrogen and oxygen atoms in total. The summed E-state index contributed by atoms with van der Waals surface area (Å²) in [5.41, 5.74) is 3.49. The molecule has 1 N–H and O–H groups in total. The van der Waals surface area contributed by atoms with Crippen molar-refractivity contribution in [3.63, 3.8) is 0 Å². The molecule has 0 unspecified atom stereocenters. The molecule has 24 heavy (non-hydrogen) atoms. The van der Waals surface area contributed by atoms with Crippen molar-refractivity contribution < 1.29 is 4.79 Å². The number of nitrogens with zero attached hydrogens (tertiary/aromatic N) is 3. The second kappa shape index (κ2) is 6.07. The molecular formula is C17H16N4OS2. The van der Waals surface area contributed by atoms with Crippen LogP contribution in [0.25, 0.3) is 11.3 Å². The number of amides is 1. The molecule has 0 atom stereocenters. The summed E-state index contributed by atoms with van der Waals surface area (Å²) in [6.45, 7) is 4.78. The van der Waals surface area contributed by atoms with Crippen LogP contribution in [0.15, 0.2) is 35.6 Å². The van der Waals surface area contributed by atoms with Crippen LogP contribution in [0.3, 0.4) is 0 Å². The number of imidazole rings is 1.